The summed E-state index contributed by atoms with van der Waals surface area (Å²) >= 11 is 3.31. The van der Waals surface area contributed by atoms with E-state index in [4.69, 9.17) is 0 Å². The number of hydrogen-bond donors (Lipinski definition) is 2. The number of H-pyrrole nitrogens is 1. The van der Waals surface area contributed by atoms with Crippen LogP contribution in [0, 0.1) is 0 Å². The van der Waals surface area contributed by atoms with Gasteiger partial charge in [0.25, 0.3) is 10.0 Å². The molecule has 1 aromatic heterocycles. The summed E-state index contributed by atoms with van der Waals surface area (Å²) in [6.45, 7) is 0. The summed E-state index contributed by atoms with van der Waals surface area (Å²) in [5, 5.41) is 0.772. The maximum absolute atomic E-state index is 12.3. The van der Waals surface area contributed by atoms with Crippen molar-refractivity contribution in [2.75, 3.05) is 0 Å². The van der Waals surface area contributed by atoms with E-state index in [0.29, 0.717) is 0 Å². The van der Waals surface area contributed by atoms with Gasteiger partial charge in [-0.25, -0.2) is 13.1 Å². The fourth-order valence-corrected chi connectivity index (χ4v) is 3.51. The number of rotatable bonds is 4. The Hall–Kier alpha value is -2.12. The average Bonchev–Trinajstić information content (AvgIpc) is 2.96. The van der Waals surface area contributed by atoms with Crippen LogP contribution in [0.15, 0.2) is 64.1 Å². The van der Waals surface area contributed by atoms with E-state index >= 15 is 0 Å². The molecule has 0 spiro atoms. The third kappa shape index (κ3) is 3.62. The Morgan fingerprint density at radius 1 is 1.09 bits per heavy atom. The summed E-state index contributed by atoms with van der Waals surface area (Å²) in [6, 6.07) is 13.6. The van der Waals surface area contributed by atoms with Crippen LogP contribution in [0.3, 0.4) is 0 Å². The van der Waals surface area contributed by atoms with Crippen LogP contribution in [0.2, 0.25) is 0 Å². The van der Waals surface area contributed by atoms with Gasteiger partial charge < -0.3 is 4.98 Å². The number of nitrogens with one attached hydrogen (secondary N) is 2. The van der Waals surface area contributed by atoms with E-state index in [1.165, 1.54) is 12.1 Å². The van der Waals surface area contributed by atoms with Crippen molar-refractivity contribution >= 4 is 42.8 Å². The number of halogens is 1. The van der Waals surface area contributed by atoms with Crippen molar-refractivity contribution in [1.82, 2.24) is 9.71 Å². The molecule has 2 aromatic carbocycles. The van der Waals surface area contributed by atoms with Gasteiger partial charge in [0.05, 0.1) is 11.3 Å². The standard InChI is InChI=1S/C16H13BrN2O3S/c17-13-3-1-11(2-4-13)9-16(20)19-23(21,22)14-5-6-15-12(10-14)7-8-18-15/h1-8,10,18H,9H2,(H,19,20). The summed E-state index contributed by atoms with van der Waals surface area (Å²) in [7, 11) is -3.88. The van der Waals surface area contributed by atoms with Crippen LogP contribution >= 0.6 is 15.9 Å². The molecule has 118 valence electrons. The lowest BCUT2D eigenvalue weighted by molar-refractivity contribution is -0.118. The molecule has 0 fully saturated rings. The highest BCUT2D eigenvalue weighted by Crippen LogP contribution is 2.18. The van der Waals surface area contributed by atoms with Crippen LogP contribution in [-0.2, 0) is 21.2 Å². The lowest BCUT2D eigenvalue weighted by atomic mass is 10.1. The van der Waals surface area contributed by atoms with Gasteiger partial charge in [0.2, 0.25) is 5.91 Å². The van der Waals surface area contributed by atoms with Gasteiger partial charge in [-0.05, 0) is 42.0 Å². The predicted octanol–water partition coefficient (Wildman–Crippen LogP) is 2.98. The van der Waals surface area contributed by atoms with Gasteiger partial charge in [0.15, 0.2) is 0 Å². The van der Waals surface area contributed by atoms with Gasteiger partial charge in [0.1, 0.15) is 0 Å². The molecule has 5 nitrogen and oxygen atoms in total. The summed E-state index contributed by atoms with van der Waals surface area (Å²) in [4.78, 5) is 15.0. The molecular formula is C16H13BrN2O3S. The molecule has 0 bridgehead atoms. The molecule has 0 aliphatic carbocycles. The van der Waals surface area contributed by atoms with Gasteiger partial charge in [0, 0.05) is 21.6 Å². The first-order valence-corrected chi connectivity index (χ1v) is 9.09. The maximum Gasteiger partial charge on any atom is 0.264 e. The summed E-state index contributed by atoms with van der Waals surface area (Å²) in [6.07, 6.45) is 1.73. The van der Waals surface area contributed by atoms with Gasteiger partial charge in [-0.2, -0.15) is 0 Å². The van der Waals surface area contributed by atoms with Crippen molar-refractivity contribution in [3.8, 4) is 0 Å². The molecule has 7 heteroatoms. The molecule has 0 radical (unpaired) electrons. The highest BCUT2D eigenvalue weighted by molar-refractivity contribution is 9.10. The van der Waals surface area contributed by atoms with Crippen molar-refractivity contribution in [2.24, 2.45) is 0 Å². The predicted molar refractivity (Wildman–Crippen MR) is 91.5 cm³/mol. The molecular weight excluding hydrogens is 380 g/mol. The van der Waals surface area contributed by atoms with Crippen molar-refractivity contribution in [3.63, 3.8) is 0 Å². The molecule has 0 saturated carbocycles. The van der Waals surface area contributed by atoms with Crippen LogP contribution < -0.4 is 4.72 Å². The highest BCUT2D eigenvalue weighted by atomic mass is 79.9. The molecule has 1 amide bonds. The Morgan fingerprint density at radius 2 is 1.83 bits per heavy atom. The Kier molecular flexibility index (Phi) is 4.23. The van der Waals surface area contributed by atoms with Gasteiger partial charge in [-0.3, -0.25) is 4.79 Å². The third-order valence-electron chi connectivity index (χ3n) is 3.36. The van der Waals surface area contributed by atoms with Crippen molar-refractivity contribution in [2.45, 2.75) is 11.3 Å². The number of fused-ring (bicyclic) bond motifs is 1. The second kappa shape index (κ2) is 6.17. The van der Waals surface area contributed by atoms with Crippen molar-refractivity contribution in [1.29, 1.82) is 0 Å². The molecule has 23 heavy (non-hydrogen) atoms. The summed E-state index contributed by atoms with van der Waals surface area (Å²) < 4.78 is 27.6. The fourth-order valence-electron chi connectivity index (χ4n) is 2.23. The number of aromatic nitrogens is 1. The van der Waals surface area contributed by atoms with E-state index < -0.39 is 15.9 Å². The molecule has 3 aromatic rings. The smallest absolute Gasteiger partial charge is 0.264 e. The number of carbonyl (C=O) groups is 1. The van der Waals surface area contributed by atoms with E-state index in [0.717, 1.165) is 20.9 Å². The lowest BCUT2D eigenvalue weighted by Gasteiger charge is -2.07. The van der Waals surface area contributed by atoms with Crippen molar-refractivity contribution in [3.05, 3.63) is 64.8 Å². The van der Waals surface area contributed by atoms with Gasteiger partial charge in [-0.1, -0.05) is 28.1 Å². The van der Waals surface area contributed by atoms with Crippen LogP contribution in [0.4, 0.5) is 0 Å². The van der Waals surface area contributed by atoms with E-state index in [1.54, 1.807) is 42.6 Å². The Labute approximate surface area is 141 Å². The normalized spacial score (nSPS) is 11.5. The second-order valence-electron chi connectivity index (χ2n) is 5.06. The van der Waals surface area contributed by atoms with E-state index in [9.17, 15) is 13.2 Å². The molecule has 0 unspecified atom stereocenters. The number of hydrogen-bond acceptors (Lipinski definition) is 3. The largest absolute Gasteiger partial charge is 0.361 e. The Balaban J connectivity index is 1.77. The number of carbonyl (C=O) groups excluding carboxylic acids is 1. The first-order chi connectivity index (χ1) is 10.9. The van der Waals surface area contributed by atoms with Crippen LogP contribution in [0.1, 0.15) is 5.56 Å². The first kappa shape index (κ1) is 15.8. The lowest BCUT2D eigenvalue weighted by Crippen LogP contribution is -2.31. The zero-order chi connectivity index (χ0) is 16.4. The topological polar surface area (TPSA) is 79.0 Å². The van der Waals surface area contributed by atoms with E-state index in [-0.39, 0.29) is 11.3 Å². The van der Waals surface area contributed by atoms with Gasteiger partial charge >= 0.3 is 0 Å². The highest BCUT2D eigenvalue weighted by Gasteiger charge is 2.18. The van der Waals surface area contributed by atoms with Gasteiger partial charge in [-0.15, -0.1) is 0 Å². The number of benzene rings is 2. The van der Waals surface area contributed by atoms with Crippen LogP contribution in [0.25, 0.3) is 10.9 Å². The molecule has 0 aliphatic heterocycles. The number of aromatic amines is 1. The number of amides is 1. The Bertz CT molecular complexity index is 962. The van der Waals surface area contributed by atoms with E-state index in [1.807, 2.05) is 0 Å². The van der Waals surface area contributed by atoms with E-state index in [2.05, 4.69) is 25.6 Å². The van der Waals surface area contributed by atoms with Crippen LogP contribution in [-0.4, -0.2) is 19.3 Å². The SMILES string of the molecule is O=C(Cc1ccc(Br)cc1)NS(=O)(=O)c1ccc2[nH]ccc2c1. The Morgan fingerprint density at radius 3 is 2.57 bits per heavy atom. The maximum atomic E-state index is 12.3. The quantitative estimate of drug-likeness (QED) is 0.716. The van der Waals surface area contributed by atoms with Crippen LogP contribution in [0.5, 0.6) is 0 Å². The minimum atomic E-state index is -3.88. The monoisotopic (exact) mass is 392 g/mol. The minimum absolute atomic E-state index is 0.00108. The summed E-state index contributed by atoms with van der Waals surface area (Å²) in [5.41, 5.74) is 1.58. The molecule has 0 atom stereocenters. The van der Waals surface area contributed by atoms with Crippen molar-refractivity contribution < 1.29 is 13.2 Å². The average molecular weight is 393 g/mol. The summed E-state index contributed by atoms with van der Waals surface area (Å²) in [5.74, 6) is -0.568. The minimum Gasteiger partial charge on any atom is -0.361 e. The fraction of sp³-hybridized carbons (Fsp3) is 0.0625. The zero-order valence-corrected chi connectivity index (χ0v) is 14.3. The second-order valence-corrected chi connectivity index (χ2v) is 7.66. The molecule has 3 rings (SSSR count). The molecule has 0 aliphatic rings. The zero-order valence-electron chi connectivity index (χ0n) is 11.9. The number of sulfonamides is 1. The third-order valence-corrected chi connectivity index (χ3v) is 5.26. The molecule has 1 heterocycles. The molecule has 0 saturated heterocycles. The first-order valence-electron chi connectivity index (χ1n) is 6.81. The molecule has 2 N–H and O–H groups in total.